The molecule has 2 bridgehead atoms. The number of nitrogens with zero attached hydrogens (tertiary/aromatic N) is 1. The molecule has 6 aromatic rings. The van der Waals surface area contributed by atoms with Gasteiger partial charge in [-0.15, -0.1) is 10.9 Å². The van der Waals surface area contributed by atoms with Crippen molar-refractivity contribution in [3.05, 3.63) is 112 Å². The van der Waals surface area contributed by atoms with Gasteiger partial charge in [0.15, 0.2) is 7.28 Å². The summed E-state index contributed by atoms with van der Waals surface area (Å²) < 4.78 is 0. The summed E-state index contributed by atoms with van der Waals surface area (Å²) in [4.78, 5) is 2.36. The van der Waals surface area contributed by atoms with Gasteiger partial charge in [0.1, 0.15) is 47.1 Å². The highest BCUT2D eigenvalue weighted by atomic mass is 15.2. The molecule has 0 N–H and O–H groups in total. The number of aryl methyl sites for hydroxylation is 1. The van der Waals surface area contributed by atoms with Crippen LogP contribution in [0.4, 0.5) is 17.1 Å². The van der Waals surface area contributed by atoms with Gasteiger partial charge in [0.25, 0.3) is 0 Å². The molecule has 0 amide bonds. The molecule has 1 aliphatic heterocycles. The molecule has 62 heavy (non-hydrogen) atoms. The van der Waals surface area contributed by atoms with E-state index in [1.165, 1.54) is 71.0 Å². The summed E-state index contributed by atoms with van der Waals surface area (Å²) in [5.74, 6) is 2.37. The predicted octanol–water partition coefficient (Wildman–Crippen LogP) is 5.58. The fourth-order valence-electron chi connectivity index (χ4n) is 13.8. The molecular weight excluding hydrogens is 738 g/mol. The van der Waals surface area contributed by atoms with Gasteiger partial charge in [0.05, 0.1) is 0 Å². The first-order valence-corrected chi connectivity index (χ1v) is 22.6. The van der Waals surface area contributed by atoms with E-state index in [9.17, 15) is 0 Å². The van der Waals surface area contributed by atoms with E-state index in [4.69, 9.17) is 47.1 Å². The lowest BCUT2D eigenvalue weighted by Crippen LogP contribution is -2.52. The van der Waals surface area contributed by atoms with Crippen LogP contribution in [0, 0.1) is 24.7 Å². The number of benzene rings is 6. The van der Waals surface area contributed by atoms with E-state index in [0.717, 1.165) is 73.6 Å². The van der Waals surface area contributed by atoms with E-state index in [1.807, 2.05) is 0 Å². The first-order valence-electron chi connectivity index (χ1n) is 22.6. The molecule has 4 aliphatic carbocycles. The highest BCUT2D eigenvalue weighted by Crippen LogP contribution is 2.55. The van der Waals surface area contributed by atoms with Crippen LogP contribution in [0.1, 0.15) is 107 Å². The quantitative estimate of drug-likeness (QED) is 0.212. The second-order valence-electron chi connectivity index (χ2n) is 21.0. The number of fused-ring (bicyclic) bond motifs is 10. The Morgan fingerprint density at radius 1 is 0.581 bits per heavy atom. The second-order valence-corrected chi connectivity index (χ2v) is 21.0. The van der Waals surface area contributed by atoms with Crippen molar-refractivity contribution in [2.24, 2.45) is 17.8 Å². The maximum atomic E-state index is 7.61. The molecule has 13 radical (unpaired) electrons. The van der Waals surface area contributed by atoms with Crippen LogP contribution in [-0.4, -0.2) is 54.4 Å². The monoisotopic (exact) mass is 786 g/mol. The van der Waals surface area contributed by atoms with Gasteiger partial charge in [-0.2, -0.15) is 0 Å². The minimum absolute atomic E-state index is 0.201. The van der Waals surface area contributed by atoms with Crippen molar-refractivity contribution < 1.29 is 0 Å². The molecule has 1 heterocycles. The Morgan fingerprint density at radius 3 is 1.92 bits per heavy atom. The largest absolute Gasteiger partial charge is 0.312 e. The standard InChI is InChI=1S/C54H47B7N/c1-26-18-29-19-27(2)24-54(23-26,25-29)32-14-12-30(13-15-32)31-20-28(3)50-38(21-31)61-49-44(56)40-39-41(45(57)48(60)47(59)43(39)55)53(6,7)42(40)46(58)51(49)62(50)33-16-17-35-34-10-8-9-11-36(34)52(4,5)37(35)22-33/h8-17,20-22,26-27,29H,18-19,23-25H2,1-7H3. The summed E-state index contributed by atoms with van der Waals surface area (Å²) >= 11 is 0. The topological polar surface area (TPSA) is 3.24 Å². The van der Waals surface area contributed by atoms with Crippen LogP contribution in [0.25, 0.3) is 33.4 Å². The van der Waals surface area contributed by atoms with E-state index >= 15 is 0 Å². The van der Waals surface area contributed by atoms with Gasteiger partial charge >= 0.3 is 0 Å². The van der Waals surface area contributed by atoms with E-state index in [1.54, 1.807) is 0 Å². The summed E-state index contributed by atoms with van der Waals surface area (Å²) in [6.07, 6.45) is 6.65. The summed E-state index contributed by atoms with van der Waals surface area (Å²) in [6.45, 7) is 16.0. The van der Waals surface area contributed by atoms with E-state index in [2.05, 4.69) is 140 Å². The van der Waals surface area contributed by atoms with Crippen LogP contribution >= 0.6 is 0 Å². The van der Waals surface area contributed by atoms with E-state index in [-0.39, 0.29) is 21.8 Å². The third-order valence-electron chi connectivity index (χ3n) is 16.1. The second kappa shape index (κ2) is 13.5. The van der Waals surface area contributed by atoms with Crippen LogP contribution in [0.2, 0.25) is 0 Å². The maximum Gasteiger partial charge on any atom is 0.196 e. The molecular formula is C54H47B7N. The molecule has 2 unspecified atom stereocenters. The van der Waals surface area contributed by atoms with Crippen molar-refractivity contribution in [2.45, 2.75) is 96.8 Å². The Labute approximate surface area is 378 Å². The molecule has 2 atom stereocenters. The molecule has 1 nitrogen and oxygen atoms in total. The molecule has 0 saturated heterocycles. The van der Waals surface area contributed by atoms with Crippen molar-refractivity contribution in [1.29, 1.82) is 0 Å². The average Bonchev–Trinajstić information content (AvgIpc) is 3.62. The van der Waals surface area contributed by atoms with Gasteiger partial charge in [-0.25, -0.2) is 0 Å². The molecule has 289 valence electrons. The van der Waals surface area contributed by atoms with Crippen LogP contribution in [0.15, 0.2) is 78.9 Å². The lowest BCUT2D eigenvalue weighted by Gasteiger charge is -2.50. The van der Waals surface area contributed by atoms with Gasteiger partial charge in [-0.05, 0) is 147 Å². The Bertz CT molecular complexity index is 2920. The zero-order chi connectivity index (χ0) is 43.5. The van der Waals surface area contributed by atoms with Crippen molar-refractivity contribution >= 4 is 115 Å². The zero-order valence-corrected chi connectivity index (χ0v) is 37.3. The van der Waals surface area contributed by atoms with Gasteiger partial charge in [-0.1, -0.05) is 135 Å². The number of anilines is 3. The van der Waals surface area contributed by atoms with Gasteiger partial charge < -0.3 is 4.90 Å². The van der Waals surface area contributed by atoms with Crippen LogP contribution < -0.4 is 48.6 Å². The Balaban J connectivity index is 1.11. The molecule has 11 rings (SSSR count). The zero-order valence-electron chi connectivity index (χ0n) is 37.3. The summed E-state index contributed by atoms with van der Waals surface area (Å²) in [5.41, 5.74) is 20.2. The van der Waals surface area contributed by atoms with Crippen molar-refractivity contribution in [1.82, 2.24) is 0 Å². The summed E-state index contributed by atoms with van der Waals surface area (Å²) in [6, 6.07) is 29.9. The minimum atomic E-state index is -0.678. The van der Waals surface area contributed by atoms with Gasteiger partial charge in [-0.3, -0.25) is 0 Å². The van der Waals surface area contributed by atoms with Crippen molar-refractivity contribution in [3.8, 4) is 33.4 Å². The Kier molecular flexibility index (Phi) is 8.82. The third kappa shape index (κ3) is 5.43. The Hall–Kier alpha value is -4.43. The fourth-order valence-corrected chi connectivity index (χ4v) is 13.8. The molecule has 2 saturated carbocycles. The van der Waals surface area contributed by atoms with Crippen LogP contribution in [0.5, 0.6) is 0 Å². The summed E-state index contributed by atoms with van der Waals surface area (Å²) in [7, 11) is 44.1. The molecule has 6 aromatic carbocycles. The van der Waals surface area contributed by atoms with Crippen LogP contribution in [0.3, 0.4) is 0 Å². The van der Waals surface area contributed by atoms with Gasteiger partial charge in [0, 0.05) is 27.9 Å². The minimum Gasteiger partial charge on any atom is -0.312 e. The first kappa shape index (κ1) is 40.4. The smallest absolute Gasteiger partial charge is 0.196 e. The SMILES string of the molecule is [B]c1c([B])c([B])c2c(c1[B])-c1c([B])c3c(c([B])c1C2(C)C)N(c1ccc2c(c1)C(C)(C)c1ccccc1-2)c1c(C)cc(-c2ccc(C45CC(C)CC(CC(C)C4)C5)cc2)cc1[B]3. The lowest BCUT2D eigenvalue weighted by atomic mass is 9.53. The molecule has 0 spiro atoms. The van der Waals surface area contributed by atoms with Crippen molar-refractivity contribution in [3.63, 3.8) is 0 Å². The van der Waals surface area contributed by atoms with Gasteiger partial charge in [0.2, 0.25) is 0 Å². The lowest BCUT2D eigenvalue weighted by molar-refractivity contribution is 0.0780. The fraction of sp³-hybridized carbons (Fsp3) is 0.333. The molecule has 2 fully saturated rings. The molecule has 0 aromatic heterocycles. The normalized spacial score (nSPS) is 23.1. The number of hydrogen-bond acceptors (Lipinski definition) is 1. The summed E-state index contributed by atoms with van der Waals surface area (Å²) in [5, 5.41) is 0. The number of hydrogen-bond donors (Lipinski definition) is 0. The van der Waals surface area contributed by atoms with E-state index in [0.29, 0.717) is 21.9 Å². The highest BCUT2D eigenvalue weighted by molar-refractivity contribution is 6.78. The van der Waals surface area contributed by atoms with Crippen LogP contribution in [-0.2, 0) is 16.2 Å². The first-order chi connectivity index (χ1) is 29.4. The van der Waals surface area contributed by atoms with Crippen molar-refractivity contribution in [2.75, 3.05) is 4.90 Å². The Morgan fingerprint density at radius 2 is 1.21 bits per heavy atom. The number of rotatable bonds is 3. The molecule has 8 heteroatoms. The molecule has 5 aliphatic rings. The maximum absolute atomic E-state index is 7.61. The third-order valence-corrected chi connectivity index (χ3v) is 16.1. The highest BCUT2D eigenvalue weighted by Gasteiger charge is 2.46. The average molecular weight is 786 g/mol. The predicted molar refractivity (Wildman–Crippen MR) is 270 cm³/mol. The van der Waals surface area contributed by atoms with E-state index < -0.39 is 5.41 Å².